The molecule has 4 fully saturated rings. The molecule has 7 atom stereocenters. The number of ether oxygens (including phenoxy) is 2. The molecule has 1 saturated heterocycles. The van der Waals surface area contributed by atoms with E-state index in [0.717, 1.165) is 50.5 Å². The Bertz CT molecular complexity index is 951. The van der Waals surface area contributed by atoms with Crippen LogP contribution in [0.1, 0.15) is 77.2 Å². The maximum absolute atomic E-state index is 13.0. The quantitative estimate of drug-likeness (QED) is 0.514. The van der Waals surface area contributed by atoms with Crippen molar-refractivity contribution in [3.05, 3.63) is 35.9 Å². The maximum Gasteiger partial charge on any atom is 0.223 e. The number of nitrogens with one attached hydrogen (secondary N) is 2. The summed E-state index contributed by atoms with van der Waals surface area (Å²) in [5.41, 5.74) is 0.726. The number of fused-ring (bicyclic) bond motifs is 3. The van der Waals surface area contributed by atoms with Gasteiger partial charge in [-0.2, -0.15) is 0 Å². The number of amides is 2. The zero-order valence-electron chi connectivity index (χ0n) is 22.4. The molecule has 1 aromatic rings. The van der Waals surface area contributed by atoms with E-state index in [9.17, 15) is 14.7 Å². The normalized spacial score (nSPS) is 37.9. The van der Waals surface area contributed by atoms with Crippen molar-refractivity contribution >= 4 is 11.8 Å². The van der Waals surface area contributed by atoms with Crippen molar-refractivity contribution in [1.29, 1.82) is 0 Å². The average Bonchev–Trinajstić information content (AvgIpc) is 3.44. The molecule has 1 aromatic carbocycles. The summed E-state index contributed by atoms with van der Waals surface area (Å²) in [5, 5.41) is 17.2. The second-order valence-corrected chi connectivity index (χ2v) is 12.4. The van der Waals surface area contributed by atoms with E-state index in [-0.39, 0.29) is 40.6 Å². The van der Waals surface area contributed by atoms with Crippen molar-refractivity contribution in [2.75, 3.05) is 13.2 Å². The van der Waals surface area contributed by atoms with Crippen LogP contribution in [0, 0.1) is 28.6 Å². The summed E-state index contributed by atoms with van der Waals surface area (Å²) in [6.45, 7) is 6.00. The number of hydrogen-bond acceptors (Lipinski definition) is 5. The van der Waals surface area contributed by atoms with Gasteiger partial charge in [-0.3, -0.25) is 9.59 Å². The first-order valence-corrected chi connectivity index (χ1v) is 14.3. The second kappa shape index (κ2) is 11.0. The van der Waals surface area contributed by atoms with Gasteiger partial charge in [0.05, 0.1) is 25.4 Å². The molecule has 0 bridgehead atoms. The Morgan fingerprint density at radius 1 is 1.00 bits per heavy atom. The van der Waals surface area contributed by atoms with Gasteiger partial charge in [0, 0.05) is 24.3 Å². The minimum Gasteiger partial charge on any atom is -0.393 e. The molecule has 7 nitrogen and oxygen atoms in total. The molecule has 1 heterocycles. The van der Waals surface area contributed by atoms with Crippen LogP contribution in [0.3, 0.4) is 0 Å². The molecule has 3 N–H and O–H groups in total. The molecule has 37 heavy (non-hydrogen) atoms. The number of hydrogen-bond donors (Lipinski definition) is 3. The van der Waals surface area contributed by atoms with E-state index in [4.69, 9.17) is 9.47 Å². The Morgan fingerprint density at radius 3 is 2.51 bits per heavy atom. The van der Waals surface area contributed by atoms with E-state index in [1.807, 2.05) is 30.3 Å². The summed E-state index contributed by atoms with van der Waals surface area (Å²) in [4.78, 5) is 25.4. The first-order chi connectivity index (χ1) is 17.8. The lowest BCUT2D eigenvalue weighted by atomic mass is 9.46. The van der Waals surface area contributed by atoms with Crippen LogP contribution in [0.4, 0.5) is 0 Å². The number of aliphatic hydroxyl groups excluding tert-OH is 1. The summed E-state index contributed by atoms with van der Waals surface area (Å²) in [7, 11) is 0. The van der Waals surface area contributed by atoms with E-state index < -0.39 is 12.4 Å². The summed E-state index contributed by atoms with van der Waals surface area (Å²) in [5.74, 6) is 0.464. The van der Waals surface area contributed by atoms with Crippen LogP contribution in [0.2, 0.25) is 0 Å². The van der Waals surface area contributed by atoms with Gasteiger partial charge in [-0.05, 0) is 61.3 Å². The van der Waals surface area contributed by atoms with Crippen LogP contribution in [0.25, 0.3) is 0 Å². The van der Waals surface area contributed by atoms with E-state index in [0.29, 0.717) is 38.5 Å². The predicted octanol–water partition coefficient (Wildman–Crippen LogP) is 3.93. The van der Waals surface area contributed by atoms with Crippen LogP contribution in [-0.2, 0) is 25.6 Å². The number of rotatable bonds is 7. The summed E-state index contributed by atoms with van der Waals surface area (Å²) < 4.78 is 12.7. The van der Waals surface area contributed by atoms with Crippen molar-refractivity contribution in [3.8, 4) is 0 Å². The molecule has 2 amide bonds. The van der Waals surface area contributed by atoms with Gasteiger partial charge >= 0.3 is 0 Å². The average molecular weight is 513 g/mol. The van der Waals surface area contributed by atoms with E-state index in [2.05, 4.69) is 24.5 Å². The van der Waals surface area contributed by atoms with Crippen LogP contribution in [0.5, 0.6) is 0 Å². The van der Waals surface area contributed by atoms with Crippen molar-refractivity contribution in [2.45, 2.75) is 96.7 Å². The summed E-state index contributed by atoms with van der Waals surface area (Å²) >= 11 is 0. The highest BCUT2D eigenvalue weighted by molar-refractivity contribution is 5.78. The van der Waals surface area contributed by atoms with Crippen LogP contribution in [-0.4, -0.2) is 48.6 Å². The zero-order valence-corrected chi connectivity index (χ0v) is 22.4. The minimum atomic E-state index is -0.479. The molecule has 0 spiro atoms. The van der Waals surface area contributed by atoms with Gasteiger partial charge in [0.25, 0.3) is 0 Å². The fraction of sp³-hybridized carbons (Fsp3) is 0.733. The Morgan fingerprint density at radius 2 is 1.76 bits per heavy atom. The Hall–Kier alpha value is -1.96. The number of benzene rings is 1. The standard InChI is InChI=1S/C30H44N2O5/c1-29-15-14-25-30(2,19-36-27(37-25)18-32-28(35)21-10-6-7-11-21)24(29)13-12-23(33)22(29)16-26(34)31-17-20-8-4-3-5-9-20/h3-5,8-9,21-25,27,33H,6-7,10-19H2,1-2H3,(H,31,34)(H,32,35)/t22-,23-,24+,25-,27-,29+,30+/m1/s1. The van der Waals surface area contributed by atoms with Gasteiger partial charge in [-0.1, -0.05) is 57.0 Å². The molecule has 204 valence electrons. The molecule has 7 heteroatoms. The Kier molecular flexibility index (Phi) is 7.94. The lowest BCUT2D eigenvalue weighted by molar-refractivity contribution is -0.306. The molecule has 3 aliphatic carbocycles. The molecule has 4 aliphatic rings. The van der Waals surface area contributed by atoms with Crippen molar-refractivity contribution in [1.82, 2.24) is 10.6 Å². The lowest BCUT2D eigenvalue weighted by Crippen LogP contribution is -2.63. The number of carbonyl (C=O) groups is 2. The van der Waals surface area contributed by atoms with Crippen molar-refractivity contribution < 1.29 is 24.2 Å². The lowest BCUT2D eigenvalue weighted by Gasteiger charge is -2.63. The topological polar surface area (TPSA) is 96.9 Å². The van der Waals surface area contributed by atoms with Crippen LogP contribution in [0.15, 0.2) is 30.3 Å². The fourth-order valence-corrected chi connectivity index (χ4v) is 7.98. The Labute approximate surface area is 221 Å². The molecule has 0 unspecified atom stereocenters. The molecule has 0 aromatic heterocycles. The third kappa shape index (κ3) is 5.45. The van der Waals surface area contributed by atoms with Gasteiger partial charge in [0.2, 0.25) is 11.8 Å². The van der Waals surface area contributed by atoms with Crippen LogP contribution >= 0.6 is 0 Å². The highest BCUT2D eigenvalue weighted by Crippen LogP contribution is 2.62. The van der Waals surface area contributed by atoms with E-state index in [1.54, 1.807) is 0 Å². The molecule has 0 radical (unpaired) electrons. The predicted molar refractivity (Wildman–Crippen MR) is 140 cm³/mol. The molecular formula is C30H44N2O5. The fourth-order valence-electron chi connectivity index (χ4n) is 7.98. The van der Waals surface area contributed by atoms with Crippen LogP contribution < -0.4 is 10.6 Å². The van der Waals surface area contributed by atoms with Gasteiger partial charge < -0.3 is 25.2 Å². The third-order valence-electron chi connectivity index (χ3n) is 10.1. The molecule has 3 saturated carbocycles. The van der Waals surface area contributed by atoms with Gasteiger partial charge in [-0.25, -0.2) is 0 Å². The van der Waals surface area contributed by atoms with E-state index >= 15 is 0 Å². The van der Waals surface area contributed by atoms with E-state index in [1.165, 1.54) is 0 Å². The third-order valence-corrected chi connectivity index (χ3v) is 10.1. The highest BCUT2D eigenvalue weighted by atomic mass is 16.7. The maximum atomic E-state index is 13.0. The first-order valence-electron chi connectivity index (χ1n) is 14.3. The largest absolute Gasteiger partial charge is 0.393 e. The monoisotopic (exact) mass is 512 g/mol. The molecular weight excluding hydrogens is 468 g/mol. The number of carbonyl (C=O) groups excluding carboxylic acids is 2. The van der Waals surface area contributed by atoms with Gasteiger partial charge in [-0.15, -0.1) is 0 Å². The number of aliphatic hydroxyl groups is 1. The molecule has 5 rings (SSSR count). The van der Waals surface area contributed by atoms with Crippen molar-refractivity contribution in [2.24, 2.45) is 28.6 Å². The summed E-state index contributed by atoms with van der Waals surface area (Å²) in [6, 6.07) is 9.92. The zero-order chi connectivity index (χ0) is 26.0. The first kappa shape index (κ1) is 26.6. The summed E-state index contributed by atoms with van der Waals surface area (Å²) in [6.07, 6.45) is 7.11. The van der Waals surface area contributed by atoms with Gasteiger partial charge in [0.15, 0.2) is 6.29 Å². The minimum absolute atomic E-state index is 0.00346. The smallest absolute Gasteiger partial charge is 0.223 e. The highest BCUT2D eigenvalue weighted by Gasteiger charge is 2.61. The second-order valence-electron chi connectivity index (χ2n) is 12.4. The SMILES string of the molecule is C[C@@]12CO[C@@H](CNC(=O)C3CCCC3)O[C@@H]1CC[C@]1(C)[C@@H]2CC[C@@H](O)[C@H]1CC(=O)NCc1ccccc1. The molecule has 1 aliphatic heterocycles. The van der Waals surface area contributed by atoms with Crippen molar-refractivity contribution in [3.63, 3.8) is 0 Å². The Balaban J connectivity index is 1.20. The van der Waals surface area contributed by atoms with Gasteiger partial charge in [0.1, 0.15) is 0 Å².